The van der Waals surface area contributed by atoms with Crippen LogP contribution in [0.15, 0.2) is 24.3 Å². The van der Waals surface area contributed by atoms with Gasteiger partial charge in [-0.2, -0.15) is 0 Å². The normalized spacial score (nSPS) is 28.2. The van der Waals surface area contributed by atoms with Crippen LogP contribution in [0.2, 0.25) is 0 Å². The number of rotatable bonds is 4. The van der Waals surface area contributed by atoms with Crippen LogP contribution in [0.1, 0.15) is 36.0 Å². The lowest BCUT2D eigenvalue weighted by atomic mass is 9.72. The standard InChI is InChI=1S/C20H24F3N3O3.ClH/c21-20(22,23)29-17-6-2-1-4-14(17)19(28)25-11-16-13-8-12(9-24-10-13)15-5-3-7-18(27)26(15)16;/h1-2,4,6,12-13,15-16,24H,3,5,7-11H2,(H,25,28);1H/t12-,13+,15+,16+;/m1./s1. The number of benzene rings is 1. The van der Waals surface area contributed by atoms with E-state index < -0.39 is 18.0 Å². The van der Waals surface area contributed by atoms with Gasteiger partial charge in [0.15, 0.2) is 0 Å². The zero-order valence-electron chi connectivity index (χ0n) is 16.3. The highest BCUT2D eigenvalue weighted by molar-refractivity contribution is 5.97. The number of carbonyl (C=O) groups excluding carboxylic acids is 2. The van der Waals surface area contributed by atoms with Gasteiger partial charge in [-0.25, -0.2) is 0 Å². The minimum atomic E-state index is -4.88. The maximum Gasteiger partial charge on any atom is 0.573 e. The van der Waals surface area contributed by atoms with Crippen molar-refractivity contribution >= 4 is 24.2 Å². The summed E-state index contributed by atoms with van der Waals surface area (Å²) in [6.45, 7) is 1.87. The fourth-order valence-corrected chi connectivity index (χ4v) is 5.06. The number of hydrogen-bond acceptors (Lipinski definition) is 4. The highest BCUT2D eigenvalue weighted by atomic mass is 35.5. The van der Waals surface area contributed by atoms with Gasteiger partial charge in [0.05, 0.1) is 11.6 Å². The van der Waals surface area contributed by atoms with Crippen LogP contribution in [0.3, 0.4) is 0 Å². The molecular weight excluding hydrogens is 423 g/mol. The van der Waals surface area contributed by atoms with Crippen molar-refractivity contribution in [3.8, 4) is 5.75 Å². The van der Waals surface area contributed by atoms with Gasteiger partial charge in [-0.05, 0) is 49.8 Å². The summed E-state index contributed by atoms with van der Waals surface area (Å²) in [6, 6.07) is 5.29. The molecule has 0 spiro atoms. The molecule has 2 bridgehead atoms. The first-order valence-corrected chi connectivity index (χ1v) is 9.98. The number of nitrogens with zero attached hydrogens (tertiary/aromatic N) is 1. The van der Waals surface area contributed by atoms with E-state index in [1.54, 1.807) is 0 Å². The van der Waals surface area contributed by atoms with Gasteiger partial charge in [-0.15, -0.1) is 25.6 Å². The third kappa shape index (κ3) is 4.67. The largest absolute Gasteiger partial charge is 0.573 e. The Labute approximate surface area is 178 Å². The molecule has 0 aromatic heterocycles. The molecule has 6 nitrogen and oxygen atoms in total. The van der Waals surface area contributed by atoms with Crippen LogP contribution in [0, 0.1) is 11.8 Å². The number of amides is 2. The molecule has 10 heteroatoms. The van der Waals surface area contributed by atoms with Gasteiger partial charge >= 0.3 is 6.36 Å². The highest BCUT2D eigenvalue weighted by Gasteiger charge is 2.47. The summed E-state index contributed by atoms with van der Waals surface area (Å²) in [4.78, 5) is 27.2. The first kappa shape index (κ1) is 22.7. The van der Waals surface area contributed by atoms with E-state index in [4.69, 9.17) is 0 Å². The van der Waals surface area contributed by atoms with E-state index in [0.717, 1.165) is 38.4 Å². The number of ether oxygens (including phenoxy) is 1. The first-order valence-electron chi connectivity index (χ1n) is 9.98. The van der Waals surface area contributed by atoms with Gasteiger partial charge in [0.1, 0.15) is 5.75 Å². The summed E-state index contributed by atoms with van der Waals surface area (Å²) in [7, 11) is 0. The van der Waals surface area contributed by atoms with E-state index >= 15 is 0 Å². The smallest absolute Gasteiger partial charge is 0.405 e. The quantitative estimate of drug-likeness (QED) is 0.744. The van der Waals surface area contributed by atoms with Gasteiger partial charge in [-0.1, -0.05) is 12.1 Å². The molecule has 4 atom stereocenters. The molecule has 3 heterocycles. The number of carbonyl (C=O) groups is 2. The lowest BCUT2D eigenvalue weighted by molar-refractivity contribution is -0.274. The lowest BCUT2D eigenvalue weighted by Gasteiger charge is -2.54. The summed E-state index contributed by atoms with van der Waals surface area (Å²) in [6.07, 6.45) is -1.54. The third-order valence-corrected chi connectivity index (χ3v) is 6.23. The topological polar surface area (TPSA) is 70.7 Å². The predicted molar refractivity (Wildman–Crippen MR) is 105 cm³/mol. The summed E-state index contributed by atoms with van der Waals surface area (Å²) in [5.41, 5.74) is -0.179. The van der Waals surface area contributed by atoms with Gasteiger partial charge in [0, 0.05) is 25.6 Å². The van der Waals surface area contributed by atoms with Crippen molar-refractivity contribution in [1.29, 1.82) is 0 Å². The lowest BCUT2D eigenvalue weighted by Crippen LogP contribution is -2.66. The van der Waals surface area contributed by atoms with Crippen LogP contribution >= 0.6 is 12.4 Å². The maximum absolute atomic E-state index is 12.6. The Balaban J connectivity index is 0.00000256. The maximum atomic E-state index is 12.6. The number of hydrogen-bond donors (Lipinski definition) is 2. The number of alkyl halides is 3. The molecule has 3 saturated heterocycles. The van der Waals surface area contributed by atoms with E-state index in [9.17, 15) is 22.8 Å². The van der Waals surface area contributed by atoms with E-state index in [1.807, 2.05) is 4.90 Å². The molecule has 3 aliphatic rings. The number of halogens is 4. The van der Waals surface area contributed by atoms with Crippen molar-refractivity contribution in [3.63, 3.8) is 0 Å². The molecule has 0 unspecified atom stereocenters. The van der Waals surface area contributed by atoms with Crippen LogP contribution < -0.4 is 15.4 Å². The van der Waals surface area contributed by atoms with E-state index in [2.05, 4.69) is 15.4 Å². The second-order valence-corrected chi connectivity index (χ2v) is 8.00. The van der Waals surface area contributed by atoms with Crippen molar-refractivity contribution in [3.05, 3.63) is 29.8 Å². The Morgan fingerprint density at radius 2 is 1.97 bits per heavy atom. The van der Waals surface area contributed by atoms with Crippen LogP contribution in [0.4, 0.5) is 13.2 Å². The molecule has 166 valence electrons. The molecule has 0 radical (unpaired) electrons. The molecular formula is C20H25ClF3N3O3. The zero-order chi connectivity index (χ0) is 20.6. The summed E-state index contributed by atoms with van der Waals surface area (Å²) < 4.78 is 41.9. The molecule has 1 aromatic rings. The zero-order valence-corrected chi connectivity index (χ0v) is 17.1. The second kappa shape index (κ2) is 9.01. The Hall–Kier alpha value is -2.00. The molecule has 2 amide bonds. The molecule has 2 N–H and O–H groups in total. The van der Waals surface area contributed by atoms with Gasteiger partial charge < -0.3 is 20.3 Å². The minimum Gasteiger partial charge on any atom is -0.405 e. The molecule has 1 aromatic carbocycles. The fraction of sp³-hybridized carbons (Fsp3) is 0.600. The van der Waals surface area contributed by atoms with E-state index in [0.29, 0.717) is 12.3 Å². The van der Waals surface area contributed by atoms with Gasteiger partial charge in [0.25, 0.3) is 5.91 Å². The van der Waals surface area contributed by atoms with Crippen LogP contribution in [-0.4, -0.2) is 54.8 Å². The Morgan fingerprint density at radius 1 is 1.23 bits per heavy atom. The molecule has 0 aliphatic carbocycles. The van der Waals surface area contributed by atoms with Crippen LogP contribution in [-0.2, 0) is 4.79 Å². The monoisotopic (exact) mass is 447 g/mol. The summed E-state index contributed by atoms with van der Waals surface area (Å²) in [5, 5.41) is 6.17. The third-order valence-electron chi connectivity index (χ3n) is 6.23. The summed E-state index contributed by atoms with van der Waals surface area (Å²) >= 11 is 0. The Bertz CT molecular complexity index is 792. The number of nitrogens with one attached hydrogen (secondary N) is 2. The second-order valence-electron chi connectivity index (χ2n) is 8.00. The first-order chi connectivity index (χ1) is 13.8. The van der Waals surface area contributed by atoms with Crippen LogP contribution in [0.25, 0.3) is 0 Å². The molecule has 30 heavy (non-hydrogen) atoms. The van der Waals surface area contributed by atoms with Crippen LogP contribution in [0.5, 0.6) is 5.75 Å². The average molecular weight is 448 g/mol. The number of para-hydroxylation sites is 1. The number of fused-ring (bicyclic) bond motifs is 4. The van der Waals surface area contributed by atoms with E-state index in [-0.39, 0.29) is 48.4 Å². The molecule has 3 aliphatic heterocycles. The highest BCUT2D eigenvalue weighted by Crippen LogP contribution is 2.39. The van der Waals surface area contributed by atoms with Crippen molar-refractivity contribution in [2.45, 2.75) is 44.1 Å². The van der Waals surface area contributed by atoms with Gasteiger partial charge in [-0.3, -0.25) is 9.59 Å². The minimum absolute atomic E-state index is 0. The van der Waals surface area contributed by atoms with Crippen molar-refractivity contribution < 1.29 is 27.5 Å². The predicted octanol–water partition coefficient (Wildman–Crippen LogP) is 2.73. The molecule has 4 rings (SSSR count). The summed E-state index contributed by atoms with van der Waals surface area (Å²) in [5.74, 6) is -0.429. The van der Waals surface area contributed by atoms with Crippen molar-refractivity contribution in [1.82, 2.24) is 15.5 Å². The van der Waals surface area contributed by atoms with Crippen molar-refractivity contribution in [2.75, 3.05) is 19.6 Å². The van der Waals surface area contributed by atoms with Gasteiger partial charge in [0.2, 0.25) is 5.91 Å². The average Bonchev–Trinajstić information content (AvgIpc) is 2.68. The Morgan fingerprint density at radius 3 is 2.73 bits per heavy atom. The van der Waals surface area contributed by atoms with Crippen molar-refractivity contribution in [2.24, 2.45) is 11.8 Å². The molecule has 3 fully saturated rings. The number of piperidine rings is 3. The SMILES string of the molecule is Cl.O=C(NC[C@H]1[C@@H]2CNC[C@@H](C2)[C@@H]2CCCC(=O)N21)c1ccccc1OC(F)(F)F. The molecule has 0 saturated carbocycles. The Kier molecular flexibility index (Phi) is 6.81. The van der Waals surface area contributed by atoms with E-state index in [1.165, 1.54) is 18.2 Å². The fourth-order valence-electron chi connectivity index (χ4n) is 5.06.